The lowest BCUT2D eigenvalue weighted by molar-refractivity contribution is 0.837. The first kappa shape index (κ1) is 19.9. The van der Waals surface area contributed by atoms with E-state index < -0.39 is 0 Å². The molecule has 1 aromatic heterocycles. The van der Waals surface area contributed by atoms with E-state index in [2.05, 4.69) is 55.1 Å². The Morgan fingerprint density at radius 1 is 1.26 bits per heavy atom. The largest absolute Gasteiger partial charge is 0.370 e. The lowest BCUT2D eigenvalue weighted by Gasteiger charge is -2.09. The first-order valence-electron chi connectivity index (χ1n) is 7.57. The van der Waals surface area contributed by atoms with E-state index in [1.807, 2.05) is 17.5 Å². The van der Waals surface area contributed by atoms with Crippen LogP contribution in [0.15, 0.2) is 34.6 Å². The van der Waals surface area contributed by atoms with Crippen LogP contribution < -0.4 is 11.1 Å². The van der Waals surface area contributed by atoms with Gasteiger partial charge in [-0.2, -0.15) is 0 Å². The second-order valence-electron chi connectivity index (χ2n) is 5.94. The Hall–Kier alpha value is -1.15. The molecule has 2 rings (SSSR count). The molecule has 23 heavy (non-hydrogen) atoms. The molecule has 0 radical (unpaired) electrons. The molecule has 0 saturated carbocycles. The Balaban J connectivity index is 0.00000264. The Morgan fingerprint density at radius 3 is 2.61 bits per heavy atom. The number of benzene rings is 1. The van der Waals surface area contributed by atoms with Gasteiger partial charge >= 0.3 is 0 Å². The molecule has 0 saturated heterocycles. The van der Waals surface area contributed by atoms with Crippen molar-refractivity contribution in [2.24, 2.45) is 10.7 Å². The van der Waals surface area contributed by atoms with Crippen molar-refractivity contribution in [3.8, 4) is 0 Å². The molecule has 0 amide bonds. The number of rotatable bonds is 5. The number of nitrogens with two attached hydrogens (primary N) is 1. The predicted molar refractivity (Wildman–Crippen MR) is 111 cm³/mol. The summed E-state index contributed by atoms with van der Waals surface area (Å²) < 4.78 is 0. The summed E-state index contributed by atoms with van der Waals surface area (Å²) in [5, 5.41) is 6.33. The van der Waals surface area contributed by atoms with E-state index in [-0.39, 0.29) is 24.0 Å². The third kappa shape index (κ3) is 6.10. The fourth-order valence-corrected chi connectivity index (χ4v) is 2.82. The van der Waals surface area contributed by atoms with Crippen molar-refractivity contribution >= 4 is 47.0 Å². The van der Waals surface area contributed by atoms with E-state index in [1.54, 1.807) is 11.3 Å². The van der Waals surface area contributed by atoms with Gasteiger partial charge in [-0.3, -0.25) is 0 Å². The second-order valence-corrected chi connectivity index (χ2v) is 6.83. The molecule has 0 spiro atoms. The van der Waals surface area contributed by atoms with Gasteiger partial charge in [0.2, 0.25) is 0 Å². The van der Waals surface area contributed by atoms with Gasteiger partial charge in [0.25, 0.3) is 0 Å². The number of guanidine groups is 1. The molecular formula is C17H25IN4S. The van der Waals surface area contributed by atoms with E-state index >= 15 is 0 Å². The van der Waals surface area contributed by atoms with Crippen molar-refractivity contribution in [3.05, 3.63) is 45.9 Å². The van der Waals surface area contributed by atoms with Crippen LogP contribution in [0.1, 0.15) is 55.8 Å². The number of aromatic nitrogens is 1. The van der Waals surface area contributed by atoms with Gasteiger partial charge in [-0.15, -0.1) is 35.3 Å². The van der Waals surface area contributed by atoms with Crippen LogP contribution in [0, 0.1) is 0 Å². The number of nitrogens with zero attached hydrogens (tertiary/aromatic N) is 2. The fraction of sp³-hybridized carbons (Fsp3) is 0.412. The van der Waals surface area contributed by atoms with Gasteiger partial charge in [0.1, 0.15) is 0 Å². The molecule has 1 heterocycles. The van der Waals surface area contributed by atoms with Crippen LogP contribution in [0.3, 0.4) is 0 Å². The number of nitrogens with one attached hydrogen (secondary N) is 1. The summed E-state index contributed by atoms with van der Waals surface area (Å²) in [6.07, 6.45) is 0. The van der Waals surface area contributed by atoms with Crippen molar-refractivity contribution in [2.45, 2.75) is 46.1 Å². The predicted octanol–water partition coefficient (Wildman–Crippen LogP) is 4.93. The van der Waals surface area contributed by atoms with E-state index in [9.17, 15) is 0 Å². The van der Waals surface area contributed by atoms with Crippen molar-refractivity contribution in [3.63, 3.8) is 0 Å². The lowest BCUT2D eigenvalue weighted by atomic mass is 10.0. The van der Waals surface area contributed by atoms with Crippen LogP contribution in [0.2, 0.25) is 0 Å². The maximum atomic E-state index is 5.96. The van der Waals surface area contributed by atoms with Crippen LogP contribution in [0.5, 0.6) is 0 Å². The maximum Gasteiger partial charge on any atom is 0.193 e. The minimum absolute atomic E-state index is 0. The topological polar surface area (TPSA) is 63.3 Å². The zero-order chi connectivity index (χ0) is 16.1. The molecule has 0 aliphatic heterocycles. The highest BCUT2D eigenvalue weighted by atomic mass is 127. The number of thiazole rings is 1. The van der Waals surface area contributed by atoms with Crippen LogP contribution >= 0.6 is 35.3 Å². The maximum absolute atomic E-state index is 5.96. The van der Waals surface area contributed by atoms with E-state index in [0.29, 0.717) is 24.3 Å². The van der Waals surface area contributed by atoms with Crippen molar-refractivity contribution in [2.75, 3.05) is 5.32 Å². The molecule has 6 heteroatoms. The summed E-state index contributed by atoms with van der Waals surface area (Å²) in [5.41, 5.74) is 9.17. The Kier molecular flexibility index (Phi) is 7.98. The molecule has 0 fully saturated rings. The van der Waals surface area contributed by atoms with Crippen LogP contribution in [-0.2, 0) is 6.54 Å². The minimum atomic E-state index is 0. The van der Waals surface area contributed by atoms with Gasteiger partial charge in [-0.25, -0.2) is 9.98 Å². The summed E-state index contributed by atoms with van der Waals surface area (Å²) in [4.78, 5) is 8.92. The second kappa shape index (κ2) is 9.22. The van der Waals surface area contributed by atoms with Gasteiger partial charge in [0.05, 0.1) is 17.2 Å². The summed E-state index contributed by atoms with van der Waals surface area (Å²) in [5.74, 6) is 1.36. The van der Waals surface area contributed by atoms with Crippen LogP contribution in [0.4, 0.5) is 5.69 Å². The molecule has 0 atom stereocenters. The molecule has 4 nitrogen and oxygen atoms in total. The number of hydrogen-bond acceptors (Lipinski definition) is 3. The zero-order valence-electron chi connectivity index (χ0n) is 14.0. The van der Waals surface area contributed by atoms with Gasteiger partial charge in [0, 0.05) is 17.0 Å². The standard InChI is InChI=1S/C17H24N4S.HI/c1-11(2)13-6-5-7-14(8-13)21-17(18)19-9-15-10-22-16(20-15)12(3)4;/h5-8,10-12H,9H2,1-4H3,(H3,18,19,21);1H. The number of hydrogen-bond donors (Lipinski definition) is 2. The quantitative estimate of drug-likeness (QED) is 0.390. The number of halogens is 1. The third-order valence-electron chi connectivity index (χ3n) is 3.30. The first-order chi connectivity index (χ1) is 10.5. The monoisotopic (exact) mass is 444 g/mol. The van der Waals surface area contributed by atoms with Gasteiger partial charge in [0.15, 0.2) is 5.96 Å². The van der Waals surface area contributed by atoms with E-state index in [4.69, 9.17) is 5.73 Å². The van der Waals surface area contributed by atoms with Gasteiger partial charge in [-0.1, -0.05) is 39.8 Å². The molecule has 1 aromatic carbocycles. The fourth-order valence-electron chi connectivity index (χ4n) is 1.99. The van der Waals surface area contributed by atoms with Crippen molar-refractivity contribution in [1.29, 1.82) is 0 Å². The number of anilines is 1. The van der Waals surface area contributed by atoms with Crippen molar-refractivity contribution in [1.82, 2.24) is 4.98 Å². The zero-order valence-corrected chi connectivity index (χ0v) is 17.2. The minimum Gasteiger partial charge on any atom is -0.370 e. The Morgan fingerprint density at radius 2 is 2.00 bits per heavy atom. The highest BCUT2D eigenvalue weighted by Gasteiger charge is 2.05. The third-order valence-corrected chi connectivity index (χ3v) is 4.49. The average Bonchev–Trinajstić information content (AvgIpc) is 2.94. The molecule has 2 aromatic rings. The molecular weight excluding hydrogens is 419 g/mol. The Labute approximate surface area is 159 Å². The molecule has 126 valence electrons. The summed E-state index contributed by atoms with van der Waals surface area (Å²) in [7, 11) is 0. The normalized spacial score (nSPS) is 11.7. The molecule has 0 unspecified atom stereocenters. The van der Waals surface area contributed by atoms with Gasteiger partial charge in [-0.05, 0) is 23.6 Å². The molecule has 0 aliphatic carbocycles. The van der Waals surface area contributed by atoms with E-state index in [0.717, 1.165) is 16.4 Å². The SMILES string of the molecule is CC(C)c1cccc(NC(N)=NCc2csc(C(C)C)n2)c1.I. The highest BCUT2D eigenvalue weighted by molar-refractivity contribution is 14.0. The van der Waals surface area contributed by atoms with Gasteiger partial charge < -0.3 is 11.1 Å². The highest BCUT2D eigenvalue weighted by Crippen LogP contribution is 2.20. The smallest absolute Gasteiger partial charge is 0.193 e. The molecule has 0 bridgehead atoms. The number of aliphatic imine (C=N–C) groups is 1. The summed E-state index contributed by atoms with van der Waals surface area (Å²) in [6, 6.07) is 8.24. The van der Waals surface area contributed by atoms with Crippen LogP contribution in [0.25, 0.3) is 0 Å². The first-order valence-corrected chi connectivity index (χ1v) is 8.45. The summed E-state index contributed by atoms with van der Waals surface area (Å²) in [6.45, 7) is 9.13. The van der Waals surface area contributed by atoms with Crippen molar-refractivity contribution < 1.29 is 0 Å². The average molecular weight is 444 g/mol. The molecule has 3 N–H and O–H groups in total. The van der Waals surface area contributed by atoms with E-state index in [1.165, 1.54) is 5.56 Å². The summed E-state index contributed by atoms with van der Waals surface area (Å²) >= 11 is 1.68. The lowest BCUT2D eigenvalue weighted by Crippen LogP contribution is -2.22. The molecule has 0 aliphatic rings. The Bertz CT molecular complexity index is 650. The van der Waals surface area contributed by atoms with Crippen LogP contribution in [-0.4, -0.2) is 10.9 Å².